The van der Waals surface area contributed by atoms with Gasteiger partial charge in [0.2, 0.25) is 0 Å². The van der Waals surface area contributed by atoms with Crippen molar-refractivity contribution >= 4 is 12.6 Å². The molecule has 0 saturated carbocycles. The molecule has 0 amide bonds. The van der Waals surface area contributed by atoms with E-state index in [-0.39, 0.29) is 5.75 Å². The number of benzene rings is 1. The highest BCUT2D eigenvalue weighted by atomic mass is 16.7. The molecule has 1 aliphatic heterocycles. The summed E-state index contributed by atoms with van der Waals surface area (Å²) in [6.07, 6.45) is 0.850. The van der Waals surface area contributed by atoms with Crippen LogP contribution >= 0.6 is 0 Å². The van der Waals surface area contributed by atoms with Crippen molar-refractivity contribution in [3.63, 3.8) is 0 Å². The second kappa shape index (κ2) is 4.97. The minimum absolute atomic E-state index is 0.0863. The lowest BCUT2D eigenvalue weighted by Gasteiger charge is -2.32. The molecule has 1 fully saturated rings. The van der Waals surface area contributed by atoms with Crippen LogP contribution in [0.4, 0.5) is 0 Å². The Morgan fingerprint density at radius 1 is 1.15 bits per heavy atom. The van der Waals surface area contributed by atoms with Gasteiger partial charge in [-0.2, -0.15) is 0 Å². The summed E-state index contributed by atoms with van der Waals surface area (Å²) in [4.78, 5) is 0. The summed E-state index contributed by atoms with van der Waals surface area (Å²) in [5, 5.41) is 10.3. The van der Waals surface area contributed by atoms with E-state index in [1.54, 1.807) is 7.11 Å². The average molecular weight is 278 g/mol. The lowest BCUT2D eigenvalue weighted by Crippen LogP contribution is -2.41. The van der Waals surface area contributed by atoms with E-state index in [9.17, 15) is 5.11 Å². The van der Waals surface area contributed by atoms with Crippen LogP contribution in [0.3, 0.4) is 0 Å². The number of aromatic hydroxyl groups is 1. The lowest BCUT2D eigenvalue weighted by molar-refractivity contribution is 0.00578. The van der Waals surface area contributed by atoms with Gasteiger partial charge in [-0.1, -0.05) is 13.0 Å². The third-order valence-corrected chi connectivity index (χ3v) is 4.30. The summed E-state index contributed by atoms with van der Waals surface area (Å²) in [6.45, 7) is 10.0. The minimum atomic E-state index is -0.583. The van der Waals surface area contributed by atoms with Gasteiger partial charge in [0.25, 0.3) is 0 Å². The van der Waals surface area contributed by atoms with E-state index in [4.69, 9.17) is 14.0 Å². The number of rotatable bonds is 3. The van der Waals surface area contributed by atoms with Gasteiger partial charge in [0.1, 0.15) is 0 Å². The van der Waals surface area contributed by atoms with E-state index in [2.05, 4.69) is 6.92 Å². The molecule has 4 nitrogen and oxygen atoms in total. The maximum atomic E-state index is 10.3. The molecule has 2 rings (SSSR count). The normalized spacial score (nSPS) is 20.2. The smallest absolute Gasteiger partial charge is 0.498 e. The maximum Gasteiger partial charge on any atom is 0.498 e. The molecule has 1 aromatic rings. The number of methoxy groups -OCH3 is 1. The number of phenols is 1. The highest BCUT2D eigenvalue weighted by Gasteiger charge is 2.52. The van der Waals surface area contributed by atoms with Crippen LogP contribution in [-0.4, -0.2) is 30.5 Å². The molecule has 0 bridgehead atoms. The standard InChI is InChI=1S/C15H23BO4/c1-7-10-8-11(13(17)12(9-10)18-6)16-19-14(2,3)15(4,5)20-16/h8-9,17H,7H2,1-6H3. The predicted octanol–water partition coefficient (Wildman–Crippen LogP) is 2.26. The Bertz CT molecular complexity index is 495. The van der Waals surface area contributed by atoms with Crippen molar-refractivity contribution in [2.24, 2.45) is 0 Å². The van der Waals surface area contributed by atoms with Crippen LogP contribution in [0.25, 0.3) is 0 Å². The fraction of sp³-hybridized carbons (Fsp3) is 0.600. The first kappa shape index (κ1) is 15.2. The third-order valence-electron chi connectivity index (χ3n) is 4.30. The molecule has 0 atom stereocenters. The van der Waals surface area contributed by atoms with Crippen molar-refractivity contribution in [3.8, 4) is 11.5 Å². The molecule has 0 aromatic heterocycles. The van der Waals surface area contributed by atoms with Crippen LogP contribution in [0, 0.1) is 0 Å². The molecule has 0 aliphatic carbocycles. The number of hydrogen-bond donors (Lipinski definition) is 1. The monoisotopic (exact) mass is 278 g/mol. The fourth-order valence-electron chi connectivity index (χ4n) is 2.20. The lowest BCUT2D eigenvalue weighted by atomic mass is 9.77. The first-order valence-corrected chi connectivity index (χ1v) is 6.97. The summed E-state index contributed by atoms with van der Waals surface area (Å²) in [6, 6.07) is 3.75. The summed E-state index contributed by atoms with van der Waals surface area (Å²) in [7, 11) is 0.961. The molecule has 0 unspecified atom stereocenters. The SMILES string of the molecule is CCc1cc(OC)c(O)c(B2OC(C)(C)C(C)(C)O2)c1. The van der Waals surface area contributed by atoms with E-state index in [1.807, 2.05) is 39.8 Å². The van der Waals surface area contributed by atoms with E-state index in [0.29, 0.717) is 11.2 Å². The van der Waals surface area contributed by atoms with Crippen LogP contribution in [-0.2, 0) is 15.7 Å². The van der Waals surface area contributed by atoms with Crippen LogP contribution in [0.5, 0.6) is 11.5 Å². The molecule has 1 heterocycles. The van der Waals surface area contributed by atoms with E-state index in [1.165, 1.54) is 0 Å². The molecule has 110 valence electrons. The number of phenolic OH excluding ortho intramolecular Hbond substituents is 1. The summed E-state index contributed by atoms with van der Waals surface area (Å²) in [5.74, 6) is 0.539. The molecule has 1 aliphatic rings. The summed E-state index contributed by atoms with van der Waals surface area (Å²) < 4.78 is 17.2. The van der Waals surface area contributed by atoms with Crippen molar-refractivity contribution in [3.05, 3.63) is 17.7 Å². The zero-order valence-corrected chi connectivity index (χ0v) is 13.1. The Kier molecular flexibility index (Phi) is 3.78. The van der Waals surface area contributed by atoms with Crippen molar-refractivity contribution in [2.45, 2.75) is 52.2 Å². The van der Waals surface area contributed by atoms with Crippen molar-refractivity contribution in [2.75, 3.05) is 7.11 Å². The van der Waals surface area contributed by atoms with E-state index >= 15 is 0 Å². The van der Waals surface area contributed by atoms with Crippen LogP contribution < -0.4 is 10.2 Å². The zero-order valence-electron chi connectivity index (χ0n) is 13.1. The van der Waals surface area contributed by atoms with Crippen molar-refractivity contribution in [1.82, 2.24) is 0 Å². The van der Waals surface area contributed by atoms with Gasteiger partial charge in [-0.15, -0.1) is 0 Å². The van der Waals surface area contributed by atoms with Gasteiger partial charge >= 0.3 is 7.12 Å². The largest absolute Gasteiger partial charge is 0.505 e. The fourth-order valence-corrected chi connectivity index (χ4v) is 2.20. The van der Waals surface area contributed by atoms with Gasteiger partial charge in [-0.25, -0.2) is 0 Å². The Morgan fingerprint density at radius 3 is 2.15 bits per heavy atom. The first-order chi connectivity index (χ1) is 9.21. The second-order valence-electron chi connectivity index (χ2n) is 6.18. The Labute approximate surface area is 121 Å². The molecule has 1 saturated heterocycles. The van der Waals surface area contributed by atoms with Gasteiger partial charge in [0.15, 0.2) is 11.5 Å². The molecule has 1 aromatic carbocycles. The Hall–Kier alpha value is -1.20. The molecule has 5 heteroatoms. The van der Waals surface area contributed by atoms with Gasteiger partial charge < -0.3 is 19.2 Å². The molecular weight excluding hydrogens is 255 g/mol. The zero-order chi connectivity index (χ0) is 15.1. The summed E-state index contributed by atoms with van der Waals surface area (Å²) in [5.41, 5.74) is 0.836. The molecule has 0 spiro atoms. The van der Waals surface area contributed by atoms with E-state index < -0.39 is 18.3 Å². The maximum absolute atomic E-state index is 10.3. The third kappa shape index (κ3) is 2.40. The van der Waals surface area contributed by atoms with Gasteiger partial charge in [0.05, 0.1) is 18.3 Å². The number of aryl methyl sites for hydroxylation is 1. The second-order valence-corrected chi connectivity index (χ2v) is 6.18. The van der Waals surface area contributed by atoms with Gasteiger partial charge in [-0.3, -0.25) is 0 Å². The first-order valence-electron chi connectivity index (χ1n) is 6.97. The van der Waals surface area contributed by atoms with Crippen LogP contribution in [0.2, 0.25) is 0 Å². The molecular formula is C15H23BO4. The van der Waals surface area contributed by atoms with E-state index in [0.717, 1.165) is 12.0 Å². The molecule has 0 radical (unpaired) electrons. The van der Waals surface area contributed by atoms with Crippen LogP contribution in [0.15, 0.2) is 12.1 Å². The van der Waals surface area contributed by atoms with Crippen molar-refractivity contribution < 1.29 is 19.2 Å². The minimum Gasteiger partial charge on any atom is -0.505 e. The highest BCUT2D eigenvalue weighted by molar-refractivity contribution is 6.63. The number of hydrogen-bond acceptors (Lipinski definition) is 4. The predicted molar refractivity (Wildman–Crippen MR) is 79.8 cm³/mol. The topological polar surface area (TPSA) is 47.9 Å². The quantitative estimate of drug-likeness (QED) is 0.862. The average Bonchev–Trinajstić information content (AvgIpc) is 2.58. The van der Waals surface area contributed by atoms with Crippen molar-refractivity contribution in [1.29, 1.82) is 0 Å². The highest BCUT2D eigenvalue weighted by Crippen LogP contribution is 2.38. The number of ether oxygens (including phenoxy) is 1. The van der Waals surface area contributed by atoms with Crippen LogP contribution in [0.1, 0.15) is 40.2 Å². The Morgan fingerprint density at radius 2 is 1.70 bits per heavy atom. The van der Waals surface area contributed by atoms with Gasteiger partial charge in [0, 0.05) is 5.46 Å². The Balaban J connectivity index is 2.44. The molecule has 1 N–H and O–H groups in total. The summed E-state index contributed by atoms with van der Waals surface area (Å²) >= 11 is 0. The van der Waals surface area contributed by atoms with Gasteiger partial charge in [-0.05, 0) is 45.7 Å². The molecule has 20 heavy (non-hydrogen) atoms.